The molecule has 3 rings (SSSR count). The zero-order valence-electron chi connectivity index (χ0n) is 16.6. The van der Waals surface area contributed by atoms with Crippen LogP contribution in [0.15, 0.2) is 48.5 Å². The summed E-state index contributed by atoms with van der Waals surface area (Å²) in [7, 11) is 0. The van der Waals surface area contributed by atoms with E-state index in [1.165, 1.54) is 0 Å². The molecular formula is C23H28N2O3. The van der Waals surface area contributed by atoms with Crippen LogP contribution in [0, 0.1) is 0 Å². The highest BCUT2D eigenvalue weighted by Gasteiger charge is 2.22. The van der Waals surface area contributed by atoms with Gasteiger partial charge in [0.05, 0.1) is 6.61 Å². The number of benzene rings is 2. The molecule has 148 valence electrons. The number of nitrogens with one attached hydrogen (secondary N) is 1. The van der Waals surface area contributed by atoms with Crippen molar-refractivity contribution in [1.29, 1.82) is 0 Å². The maximum absolute atomic E-state index is 12.3. The van der Waals surface area contributed by atoms with Gasteiger partial charge in [-0.2, -0.15) is 0 Å². The van der Waals surface area contributed by atoms with Gasteiger partial charge in [0, 0.05) is 42.4 Å². The van der Waals surface area contributed by atoms with E-state index in [-0.39, 0.29) is 17.7 Å². The van der Waals surface area contributed by atoms with Crippen molar-refractivity contribution >= 4 is 11.7 Å². The molecule has 1 saturated heterocycles. The average Bonchev–Trinajstić information content (AvgIpc) is 2.71. The minimum Gasteiger partial charge on any atom is -0.494 e. The molecule has 1 heterocycles. The van der Waals surface area contributed by atoms with Gasteiger partial charge in [-0.1, -0.05) is 18.2 Å². The number of hydrogen-bond acceptors (Lipinski definition) is 4. The van der Waals surface area contributed by atoms with E-state index in [0.717, 1.165) is 43.8 Å². The number of rotatable bonds is 7. The Labute approximate surface area is 166 Å². The lowest BCUT2D eigenvalue weighted by Gasteiger charge is -2.32. The Morgan fingerprint density at radius 3 is 2.43 bits per heavy atom. The third-order valence-electron chi connectivity index (χ3n) is 5.12. The second kappa shape index (κ2) is 9.51. The smallest absolute Gasteiger partial charge is 0.251 e. The Balaban J connectivity index is 1.57. The predicted molar refractivity (Wildman–Crippen MR) is 110 cm³/mol. The van der Waals surface area contributed by atoms with E-state index < -0.39 is 0 Å². The fourth-order valence-corrected chi connectivity index (χ4v) is 3.55. The van der Waals surface area contributed by atoms with E-state index in [1.54, 1.807) is 6.92 Å². The fraction of sp³-hybridized carbons (Fsp3) is 0.391. The summed E-state index contributed by atoms with van der Waals surface area (Å²) in [5, 5.41) is 3.14. The zero-order valence-corrected chi connectivity index (χ0v) is 16.6. The average molecular weight is 380 g/mol. The minimum absolute atomic E-state index is 0.00755. The standard InChI is InChI=1S/C23H28N2O3/c1-3-28-22-10-9-19(17(2)26)15-20(22)16-25-13-11-21(12-14-25)24-23(27)18-7-5-4-6-8-18/h4-10,15,21H,3,11-14,16H2,1-2H3,(H,24,27). The molecule has 0 atom stereocenters. The lowest BCUT2D eigenvalue weighted by Crippen LogP contribution is -2.44. The van der Waals surface area contributed by atoms with Crippen LogP contribution in [0.4, 0.5) is 0 Å². The van der Waals surface area contributed by atoms with Gasteiger partial charge < -0.3 is 10.1 Å². The molecule has 28 heavy (non-hydrogen) atoms. The zero-order chi connectivity index (χ0) is 19.9. The number of hydrogen-bond donors (Lipinski definition) is 1. The van der Waals surface area contributed by atoms with Crippen LogP contribution < -0.4 is 10.1 Å². The molecule has 1 N–H and O–H groups in total. The first-order valence-corrected chi connectivity index (χ1v) is 9.91. The van der Waals surface area contributed by atoms with Gasteiger partial charge in [0.1, 0.15) is 5.75 Å². The van der Waals surface area contributed by atoms with Crippen LogP contribution in [0.5, 0.6) is 5.75 Å². The lowest BCUT2D eigenvalue weighted by molar-refractivity contribution is 0.0908. The molecular weight excluding hydrogens is 352 g/mol. The van der Waals surface area contributed by atoms with Crippen LogP contribution in [-0.2, 0) is 6.54 Å². The molecule has 1 aliphatic heterocycles. The predicted octanol–water partition coefficient (Wildman–Crippen LogP) is 3.68. The highest BCUT2D eigenvalue weighted by molar-refractivity contribution is 5.94. The monoisotopic (exact) mass is 380 g/mol. The van der Waals surface area contributed by atoms with Gasteiger partial charge in [0.15, 0.2) is 5.78 Å². The third-order valence-corrected chi connectivity index (χ3v) is 5.12. The summed E-state index contributed by atoms with van der Waals surface area (Å²) in [4.78, 5) is 26.4. The van der Waals surface area contributed by atoms with Crippen molar-refractivity contribution in [2.45, 2.75) is 39.3 Å². The molecule has 1 fully saturated rings. The lowest BCUT2D eigenvalue weighted by atomic mass is 10.0. The third kappa shape index (κ3) is 5.20. The fourth-order valence-electron chi connectivity index (χ4n) is 3.55. The summed E-state index contributed by atoms with van der Waals surface area (Å²) in [6, 6.07) is 15.2. The van der Waals surface area contributed by atoms with Crippen LogP contribution in [-0.4, -0.2) is 42.3 Å². The summed E-state index contributed by atoms with van der Waals surface area (Å²) < 4.78 is 5.74. The number of amides is 1. The Hall–Kier alpha value is -2.66. The van der Waals surface area contributed by atoms with Crippen molar-refractivity contribution in [1.82, 2.24) is 10.2 Å². The SMILES string of the molecule is CCOc1ccc(C(C)=O)cc1CN1CCC(NC(=O)c2ccccc2)CC1. The molecule has 1 amide bonds. The van der Waals surface area contributed by atoms with Gasteiger partial charge >= 0.3 is 0 Å². The van der Waals surface area contributed by atoms with E-state index in [0.29, 0.717) is 17.7 Å². The molecule has 5 heteroatoms. The second-order valence-electron chi connectivity index (χ2n) is 7.20. The maximum Gasteiger partial charge on any atom is 0.251 e. The van der Waals surface area contributed by atoms with Gasteiger partial charge in [0.2, 0.25) is 0 Å². The molecule has 0 bridgehead atoms. The molecule has 2 aromatic carbocycles. The number of likely N-dealkylation sites (tertiary alicyclic amines) is 1. The normalized spacial score (nSPS) is 15.2. The highest BCUT2D eigenvalue weighted by Crippen LogP contribution is 2.24. The Bertz CT molecular complexity index is 812. The Kier molecular flexibility index (Phi) is 6.82. The van der Waals surface area contributed by atoms with Gasteiger partial charge in [-0.05, 0) is 57.0 Å². The molecule has 0 radical (unpaired) electrons. The maximum atomic E-state index is 12.3. The van der Waals surface area contributed by atoms with Gasteiger partial charge in [-0.15, -0.1) is 0 Å². The number of nitrogens with zero attached hydrogens (tertiary/aromatic N) is 1. The molecule has 0 aromatic heterocycles. The Morgan fingerprint density at radius 1 is 1.07 bits per heavy atom. The molecule has 2 aromatic rings. The van der Waals surface area contributed by atoms with Crippen LogP contribution in [0.2, 0.25) is 0 Å². The number of ether oxygens (including phenoxy) is 1. The largest absolute Gasteiger partial charge is 0.494 e. The summed E-state index contributed by atoms with van der Waals surface area (Å²) in [5.41, 5.74) is 2.46. The first-order chi connectivity index (χ1) is 13.6. The van der Waals surface area contributed by atoms with Crippen molar-refractivity contribution in [3.63, 3.8) is 0 Å². The molecule has 0 aliphatic carbocycles. The van der Waals surface area contributed by atoms with Gasteiger partial charge in [0.25, 0.3) is 5.91 Å². The number of carbonyl (C=O) groups excluding carboxylic acids is 2. The summed E-state index contributed by atoms with van der Waals surface area (Å²) in [6.07, 6.45) is 1.82. The second-order valence-corrected chi connectivity index (χ2v) is 7.20. The van der Waals surface area contributed by atoms with E-state index in [1.807, 2.05) is 55.5 Å². The van der Waals surface area contributed by atoms with E-state index in [2.05, 4.69) is 10.2 Å². The van der Waals surface area contributed by atoms with E-state index >= 15 is 0 Å². The molecule has 1 aliphatic rings. The number of Topliss-reactive ketones (excluding diaryl/α,β-unsaturated/α-hetero) is 1. The van der Waals surface area contributed by atoms with Crippen molar-refractivity contribution in [2.75, 3.05) is 19.7 Å². The van der Waals surface area contributed by atoms with Gasteiger partial charge in [-0.3, -0.25) is 14.5 Å². The summed E-state index contributed by atoms with van der Waals surface area (Å²) in [5.74, 6) is 0.894. The number of carbonyl (C=O) groups is 2. The summed E-state index contributed by atoms with van der Waals surface area (Å²) in [6.45, 7) is 6.69. The molecule has 0 spiro atoms. The summed E-state index contributed by atoms with van der Waals surface area (Å²) >= 11 is 0. The highest BCUT2D eigenvalue weighted by atomic mass is 16.5. The molecule has 0 saturated carbocycles. The number of ketones is 1. The molecule has 0 unspecified atom stereocenters. The molecule has 5 nitrogen and oxygen atoms in total. The van der Waals surface area contributed by atoms with Crippen LogP contribution in [0.3, 0.4) is 0 Å². The first kappa shape index (κ1) is 20.1. The van der Waals surface area contributed by atoms with Gasteiger partial charge in [-0.25, -0.2) is 0 Å². The van der Waals surface area contributed by atoms with Crippen molar-refractivity contribution in [3.05, 3.63) is 65.2 Å². The van der Waals surface area contributed by atoms with Crippen LogP contribution in [0.1, 0.15) is 53.0 Å². The van der Waals surface area contributed by atoms with E-state index in [9.17, 15) is 9.59 Å². The van der Waals surface area contributed by atoms with Crippen molar-refractivity contribution < 1.29 is 14.3 Å². The Morgan fingerprint density at radius 2 is 1.79 bits per heavy atom. The number of piperidine rings is 1. The quantitative estimate of drug-likeness (QED) is 0.745. The topological polar surface area (TPSA) is 58.6 Å². The van der Waals surface area contributed by atoms with Crippen molar-refractivity contribution in [3.8, 4) is 5.75 Å². The minimum atomic E-state index is -0.00755. The van der Waals surface area contributed by atoms with Crippen LogP contribution in [0.25, 0.3) is 0 Å². The first-order valence-electron chi connectivity index (χ1n) is 9.91. The van der Waals surface area contributed by atoms with Crippen LogP contribution >= 0.6 is 0 Å². The van der Waals surface area contributed by atoms with E-state index in [4.69, 9.17) is 4.74 Å². The van der Waals surface area contributed by atoms with Crippen molar-refractivity contribution in [2.24, 2.45) is 0 Å².